The van der Waals surface area contributed by atoms with Crippen LogP contribution in [0.3, 0.4) is 0 Å². The van der Waals surface area contributed by atoms with E-state index in [1.54, 1.807) is 0 Å². The first-order valence-corrected chi connectivity index (χ1v) is 8.07. The highest BCUT2D eigenvalue weighted by Crippen LogP contribution is 2.14. The molecule has 0 spiro atoms. The number of piperazine rings is 1. The number of rotatable bonds is 6. The van der Waals surface area contributed by atoms with Crippen molar-refractivity contribution in [2.45, 2.75) is 33.6 Å². The van der Waals surface area contributed by atoms with E-state index in [2.05, 4.69) is 40.8 Å². The molecule has 0 amide bonds. The molecular formula is C15H28N6. The van der Waals surface area contributed by atoms with Crippen LogP contribution in [-0.2, 0) is 12.8 Å². The molecule has 2 heterocycles. The van der Waals surface area contributed by atoms with E-state index in [1.807, 2.05) is 0 Å². The maximum atomic E-state index is 5.70. The van der Waals surface area contributed by atoms with Gasteiger partial charge in [0.05, 0.1) is 11.4 Å². The molecule has 0 saturated carbocycles. The Morgan fingerprint density at radius 2 is 1.71 bits per heavy atom. The minimum atomic E-state index is 0.560. The molecule has 1 saturated heterocycles. The van der Waals surface area contributed by atoms with Gasteiger partial charge in [0, 0.05) is 32.7 Å². The number of anilines is 1. The smallest absolute Gasteiger partial charge is 0.245 e. The average molecular weight is 292 g/mol. The van der Waals surface area contributed by atoms with Gasteiger partial charge in [-0.3, -0.25) is 4.90 Å². The third kappa shape index (κ3) is 4.11. The van der Waals surface area contributed by atoms with Crippen molar-refractivity contribution in [3.05, 3.63) is 11.4 Å². The normalized spacial score (nSPS) is 18.0. The Labute approximate surface area is 127 Å². The van der Waals surface area contributed by atoms with Crippen molar-refractivity contribution in [1.82, 2.24) is 20.1 Å². The summed E-state index contributed by atoms with van der Waals surface area (Å²) < 4.78 is 0. The highest BCUT2D eigenvalue weighted by Gasteiger charge is 2.21. The van der Waals surface area contributed by atoms with E-state index in [4.69, 9.17) is 10.7 Å². The third-order valence-electron chi connectivity index (χ3n) is 4.13. The fraction of sp³-hybridized carbons (Fsp3) is 0.800. The molecule has 1 aliphatic rings. The maximum absolute atomic E-state index is 5.70. The van der Waals surface area contributed by atoms with Crippen molar-refractivity contribution in [2.24, 2.45) is 11.7 Å². The molecule has 1 fully saturated rings. The van der Waals surface area contributed by atoms with Gasteiger partial charge in [-0.25, -0.2) is 4.98 Å². The van der Waals surface area contributed by atoms with Gasteiger partial charge >= 0.3 is 0 Å². The van der Waals surface area contributed by atoms with Crippen molar-refractivity contribution >= 4 is 5.95 Å². The standard InChI is InChI=1S/C15H28N6/c1-4-13-14(5-2)18-19-15(17-13)21-8-6-20(7-9-21)11-12(3)10-16/h12H,4-11,16H2,1-3H3. The first kappa shape index (κ1) is 16.1. The average Bonchev–Trinajstić information content (AvgIpc) is 2.54. The molecule has 1 unspecified atom stereocenters. The number of aryl methyl sites for hydroxylation is 2. The maximum Gasteiger partial charge on any atom is 0.245 e. The zero-order valence-electron chi connectivity index (χ0n) is 13.5. The largest absolute Gasteiger partial charge is 0.337 e. The van der Waals surface area contributed by atoms with Crippen molar-refractivity contribution in [2.75, 3.05) is 44.2 Å². The van der Waals surface area contributed by atoms with Gasteiger partial charge in [-0.1, -0.05) is 20.8 Å². The molecule has 6 nitrogen and oxygen atoms in total. The second-order valence-electron chi connectivity index (χ2n) is 5.84. The first-order valence-electron chi connectivity index (χ1n) is 8.07. The zero-order valence-corrected chi connectivity index (χ0v) is 13.5. The Bertz CT molecular complexity index is 442. The van der Waals surface area contributed by atoms with Gasteiger partial charge < -0.3 is 10.6 Å². The summed E-state index contributed by atoms with van der Waals surface area (Å²) in [5.41, 5.74) is 7.81. The SMILES string of the molecule is CCc1nnc(N2CCN(CC(C)CN)CC2)nc1CC. The van der Waals surface area contributed by atoms with E-state index in [0.29, 0.717) is 5.92 Å². The number of nitrogens with zero attached hydrogens (tertiary/aromatic N) is 5. The summed E-state index contributed by atoms with van der Waals surface area (Å²) in [4.78, 5) is 9.42. The summed E-state index contributed by atoms with van der Waals surface area (Å²) in [7, 11) is 0. The Morgan fingerprint density at radius 3 is 2.29 bits per heavy atom. The highest BCUT2D eigenvalue weighted by molar-refractivity contribution is 5.31. The van der Waals surface area contributed by atoms with Gasteiger partial charge in [-0.15, -0.1) is 5.10 Å². The number of nitrogens with two attached hydrogens (primary N) is 1. The Morgan fingerprint density at radius 1 is 1.05 bits per heavy atom. The van der Waals surface area contributed by atoms with Crippen molar-refractivity contribution < 1.29 is 0 Å². The fourth-order valence-electron chi connectivity index (χ4n) is 2.71. The second kappa shape index (κ2) is 7.66. The number of aromatic nitrogens is 3. The van der Waals surface area contributed by atoms with Crippen LogP contribution in [0.25, 0.3) is 0 Å². The summed E-state index contributed by atoms with van der Waals surface area (Å²) >= 11 is 0. The highest BCUT2D eigenvalue weighted by atomic mass is 15.4. The number of hydrogen-bond acceptors (Lipinski definition) is 6. The van der Waals surface area contributed by atoms with Crippen LogP contribution < -0.4 is 10.6 Å². The second-order valence-corrected chi connectivity index (χ2v) is 5.84. The van der Waals surface area contributed by atoms with E-state index in [-0.39, 0.29) is 0 Å². The Hall–Kier alpha value is -1.27. The predicted molar refractivity (Wildman–Crippen MR) is 85.5 cm³/mol. The van der Waals surface area contributed by atoms with Crippen LogP contribution in [0.2, 0.25) is 0 Å². The lowest BCUT2D eigenvalue weighted by Crippen LogP contribution is -2.48. The topological polar surface area (TPSA) is 71.2 Å². The van der Waals surface area contributed by atoms with Gasteiger partial charge in [0.1, 0.15) is 0 Å². The number of hydrogen-bond donors (Lipinski definition) is 1. The molecule has 0 aliphatic carbocycles. The van der Waals surface area contributed by atoms with Crippen LogP contribution in [-0.4, -0.2) is 59.3 Å². The van der Waals surface area contributed by atoms with E-state index >= 15 is 0 Å². The molecule has 0 bridgehead atoms. The van der Waals surface area contributed by atoms with Crippen molar-refractivity contribution in [1.29, 1.82) is 0 Å². The molecule has 1 aliphatic heterocycles. The fourth-order valence-corrected chi connectivity index (χ4v) is 2.71. The molecular weight excluding hydrogens is 264 g/mol. The third-order valence-corrected chi connectivity index (χ3v) is 4.13. The summed E-state index contributed by atoms with van der Waals surface area (Å²) in [5, 5.41) is 8.65. The predicted octanol–water partition coefficient (Wildman–Crippen LogP) is 0.713. The quantitative estimate of drug-likeness (QED) is 0.833. The lowest BCUT2D eigenvalue weighted by atomic mass is 10.1. The van der Waals surface area contributed by atoms with E-state index in [1.165, 1.54) is 0 Å². The van der Waals surface area contributed by atoms with Crippen LogP contribution in [0, 0.1) is 5.92 Å². The Kier molecular flexibility index (Phi) is 5.87. The summed E-state index contributed by atoms with van der Waals surface area (Å²) in [6, 6.07) is 0. The van der Waals surface area contributed by atoms with Crippen molar-refractivity contribution in [3.63, 3.8) is 0 Å². The molecule has 118 valence electrons. The van der Waals surface area contributed by atoms with Crippen LogP contribution in [0.15, 0.2) is 0 Å². The van der Waals surface area contributed by atoms with Gasteiger partial charge in [0.15, 0.2) is 0 Å². The van der Waals surface area contributed by atoms with Gasteiger partial charge in [-0.2, -0.15) is 5.10 Å². The molecule has 1 aromatic heterocycles. The van der Waals surface area contributed by atoms with Crippen LogP contribution in [0.4, 0.5) is 5.95 Å². The van der Waals surface area contributed by atoms with Gasteiger partial charge in [0.25, 0.3) is 0 Å². The van der Waals surface area contributed by atoms with E-state index in [9.17, 15) is 0 Å². The van der Waals surface area contributed by atoms with Crippen molar-refractivity contribution in [3.8, 4) is 0 Å². The molecule has 2 N–H and O–H groups in total. The summed E-state index contributed by atoms with van der Waals surface area (Å²) in [6.45, 7) is 12.3. The summed E-state index contributed by atoms with van der Waals surface area (Å²) in [5.74, 6) is 1.35. The zero-order chi connectivity index (χ0) is 15.2. The Balaban J connectivity index is 1.96. The molecule has 0 aromatic carbocycles. The lowest BCUT2D eigenvalue weighted by molar-refractivity contribution is 0.226. The molecule has 21 heavy (non-hydrogen) atoms. The summed E-state index contributed by atoms with van der Waals surface area (Å²) in [6.07, 6.45) is 1.81. The lowest BCUT2D eigenvalue weighted by Gasteiger charge is -2.35. The monoisotopic (exact) mass is 292 g/mol. The molecule has 2 rings (SSSR count). The molecule has 6 heteroatoms. The van der Waals surface area contributed by atoms with Crippen LogP contribution >= 0.6 is 0 Å². The molecule has 1 atom stereocenters. The molecule has 1 aromatic rings. The van der Waals surface area contributed by atoms with E-state index < -0.39 is 0 Å². The van der Waals surface area contributed by atoms with E-state index in [0.717, 1.165) is 69.4 Å². The first-order chi connectivity index (χ1) is 10.2. The van der Waals surface area contributed by atoms with Gasteiger partial charge in [0.2, 0.25) is 5.95 Å². The van der Waals surface area contributed by atoms with Gasteiger partial charge in [-0.05, 0) is 25.3 Å². The minimum Gasteiger partial charge on any atom is -0.337 e. The molecule has 0 radical (unpaired) electrons. The van der Waals surface area contributed by atoms with Crippen LogP contribution in [0.5, 0.6) is 0 Å². The van der Waals surface area contributed by atoms with Crippen LogP contribution in [0.1, 0.15) is 32.2 Å². The minimum absolute atomic E-state index is 0.560.